The van der Waals surface area contributed by atoms with Gasteiger partial charge in [-0.1, -0.05) is 13.8 Å². The minimum absolute atomic E-state index is 0.106. The molecule has 2 heterocycles. The quantitative estimate of drug-likeness (QED) is 0.652. The smallest absolute Gasteiger partial charge is 0.410 e. The summed E-state index contributed by atoms with van der Waals surface area (Å²) in [7, 11) is 1.77. The summed E-state index contributed by atoms with van der Waals surface area (Å²) in [5, 5.41) is 8.09. The molecule has 0 radical (unpaired) electrons. The number of carbonyl (C=O) groups is 1. The molecule has 2 aliphatic rings. The van der Waals surface area contributed by atoms with Crippen LogP contribution in [-0.2, 0) is 15.9 Å². The molecule has 1 spiro atoms. The fourth-order valence-corrected chi connectivity index (χ4v) is 4.90. The highest BCUT2D eigenvalue weighted by Gasteiger charge is 2.46. The number of likely N-dealkylation sites (N-methyl/N-ethyl adjacent to an activating group) is 1. The Balaban J connectivity index is 1.39. The van der Waals surface area contributed by atoms with Gasteiger partial charge in [-0.2, -0.15) is 5.10 Å². The van der Waals surface area contributed by atoms with Gasteiger partial charge in [0.25, 0.3) is 0 Å². The lowest BCUT2D eigenvalue weighted by molar-refractivity contribution is -0.0353. The van der Waals surface area contributed by atoms with Crippen LogP contribution in [0.3, 0.4) is 0 Å². The Kier molecular flexibility index (Phi) is 7.36. The number of amides is 1. The van der Waals surface area contributed by atoms with Gasteiger partial charge in [0.05, 0.1) is 18.2 Å². The first kappa shape index (κ1) is 24.1. The van der Waals surface area contributed by atoms with E-state index in [0.29, 0.717) is 18.0 Å². The Labute approximate surface area is 187 Å². The van der Waals surface area contributed by atoms with Gasteiger partial charge in [0.2, 0.25) is 0 Å². The summed E-state index contributed by atoms with van der Waals surface area (Å²) in [5.74, 6) is 0. The van der Waals surface area contributed by atoms with Crippen molar-refractivity contribution in [3.8, 4) is 0 Å². The first-order chi connectivity index (χ1) is 14.5. The van der Waals surface area contributed by atoms with Crippen molar-refractivity contribution in [1.29, 1.82) is 0 Å². The normalized spacial score (nSPS) is 25.7. The highest BCUT2D eigenvalue weighted by molar-refractivity contribution is 5.67. The number of hydrogen-bond acceptors (Lipinski definition) is 5. The maximum Gasteiger partial charge on any atom is 0.410 e. The summed E-state index contributed by atoms with van der Waals surface area (Å²) >= 11 is 0. The lowest BCUT2D eigenvalue weighted by atomic mass is 9.75. The highest BCUT2D eigenvalue weighted by atomic mass is 16.6. The SMILES string of the molecule is CN(CCNCCc1ccnn1C1CCC2(CC1)CC(C)(C)CO2)C(=O)OC(C)(C)C. The predicted octanol–water partition coefficient (Wildman–Crippen LogP) is 4.18. The van der Waals surface area contributed by atoms with E-state index < -0.39 is 5.60 Å². The topological polar surface area (TPSA) is 68.6 Å². The van der Waals surface area contributed by atoms with Crippen molar-refractivity contribution in [1.82, 2.24) is 20.0 Å². The molecule has 1 aromatic rings. The molecule has 1 saturated carbocycles. The average Bonchev–Trinajstić information content (AvgIpc) is 3.25. The van der Waals surface area contributed by atoms with Crippen LogP contribution in [0.4, 0.5) is 4.79 Å². The van der Waals surface area contributed by atoms with Crippen LogP contribution in [0.5, 0.6) is 0 Å². The molecule has 3 rings (SSSR count). The molecule has 31 heavy (non-hydrogen) atoms. The standard InChI is InChI=1S/C24H42N4O3/c1-22(2,3)31-21(29)27(6)16-15-25-13-9-20-10-14-26-28(20)19-7-11-24(12-8-19)17-23(4,5)18-30-24/h10,14,19,25H,7-9,11-13,15-18H2,1-6H3. The second-order valence-corrected chi connectivity index (χ2v) is 11.2. The number of aromatic nitrogens is 2. The van der Waals surface area contributed by atoms with Crippen molar-refractivity contribution >= 4 is 6.09 Å². The van der Waals surface area contributed by atoms with Gasteiger partial charge in [-0.25, -0.2) is 4.79 Å². The lowest BCUT2D eigenvalue weighted by Crippen LogP contribution is -2.38. The van der Waals surface area contributed by atoms with Crippen LogP contribution in [-0.4, -0.2) is 65.3 Å². The molecule has 1 N–H and O–H groups in total. The first-order valence-corrected chi connectivity index (χ1v) is 11.8. The van der Waals surface area contributed by atoms with Gasteiger partial charge >= 0.3 is 6.09 Å². The van der Waals surface area contributed by atoms with Gasteiger partial charge in [0, 0.05) is 45.0 Å². The molecule has 1 amide bonds. The average molecular weight is 435 g/mol. The van der Waals surface area contributed by atoms with E-state index in [9.17, 15) is 4.79 Å². The van der Waals surface area contributed by atoms with Crippen LogP contribution < -0.4 is 5.32 Å². The zero-order chi connectivity index (χ0) is 22.7. The van der Waals surface area contributed by atoms with Gasteiger partial charge in [-0.3, -0.25) is 4.68 Å². The summed E-state index contributed by atoms with van der Waals surface area (Å²) in [6.07, 6.45) is 8.30. The summed E-state index contributed by atoms with van der Waals surface area (Å²) in [5.41, 5.74) is 1.24. The van der Waals surface area contributed by atoms with E-state index in [1.807, 2.05) is 27.0 Å². The highest BCUT2D eigenvalue weighted by Crippen LogP contribution is 2.48. The van der Waals surface area contributed by atoms with Gasteiger partial charge in [-0.05, 0) is 64.4 Å². The van der Waals surface area contributed by atoms with E-state index in [-0.39, 0.29) is 11.7 Å². The van der Waals surface area contributed by atoms with Crippen LogP contribution in [0.15, 0.2) is 12.3 Å². The van der Waals surface area contributed by atoms with Gasteiger partial charge < -0.3 is 19.7 Å². The molecule has 1 aliphatic carbocycles. The minimum atomic E-state index is -0.462. The number of carbonyl (C=O) groups excluding carboxylic acids is 1. The van der Waals surface area contributed by atoms with Crippen molar-refractivity contribution in [2.45, 2.75) is 90.4 Å². The van der Waals surface area contributed by atoms with Crippen molar-refractivity contribution in [3.05, 3.63) is 18.0 Å². The molecule has 2 fully saturated rings. The molecular weight excluding hydrogens is 392 g/mol. The summed E-state index contributed by atoms with van der Waals surface area (Å²) < 4.78 is 13.9. The minimum Gasteiger partial charge on any atom is -0.444 e. The number of rotatable bonds is 7. The Hall–Kier alpha value is -1.60. The van der Waals surface area contributed by atoms with Crippen molar-refractivity contribution in [3.63, 3.8) is 0 Å². The second-order valence-electron chi connectivity index (χ2n) is 11.2. The maximum atomic E-state index is 12.0. The molecule has 0 aromatic carbocycles. The van der Waals surface area contributed by atoms with Crippen LogP contribution in [0.2, 0.25) is 0 Å². The van der Waals surface area contributed by atoms with Gasteiger partial charge in [-0.15, -0.1) is 0 Å². The van der Waals surface area contributed by atoms with E-state index in [1.54, 1.807) is 11.9 Å². The van der Waals surface area contributed by atoms with E-state index in [0.717, 1.165) is 51.8 Å². The van der Waals surface area contributed by atoms with Crippen LogP contribution >= 0.6 is 0 Å². The summed E-state index contributed by atoms with van der Waals surface area (Å²) in [6.45, 7) is 13.4. The molecule has 7 nitrogen and oxygen atoms in total. The predicted molar refractivity (Wildman–Crippen MR) is 122 cm³/mol. The lowest BCUT2D eigenvalue weighted by Gasteiger charge is -2.37. The summed E-state index contributed by atoms with van der Waals surface area (Å²) in [6, 6.07) is 2.61. The van der Waals surface area contributed by atoms with Gasteiger partial charge in [0.1, 0.15) is 5.60 Å². The van der Waals surface area contributed by atoms with Crippen molar-refractivity contribution < 1.29 is 14.3 Å². The third-order valence-electron chi connectivity index (χ3n) is 6.42. The molecule has 1 aliphatic heterocycles. The van der Waals surface area contributed by atoms with Crippen LogP contribution in [0.25, 0.3) is 0 Å². The maximum absolute atomic E-state index is 12.0. The molecule has 0 bridgehead atoms. The summed E-state index contributed by atoms with van der Waals surface area (Å²) in [4.78, 5) is 13.6. The van der Waals surface area contributed by atoms with Crippen LogP contribution in [0.1, 0.15) is 78.5 Å². The number of hydrogen-bond donors (Lipinski definition) is 1. The largest absolute Gasteiger partial charge is 0.444 e. The van der Waals surface area contributed by atoms with E-state index in [2.05, 4.69) is 35.0 Å². The first-order valence-electron chi connectivity index (χ1n) is 11.8. The third kappa shape index (κ3) is 6.69. The molecule has 176 valence electrons. The van der Waals surface area contributed by atoms with E-state index in [4.69, 9.17) is 9.47 Å². The fraction of sp³-hybridized carbons (Fsp3) is 0.833. The number of nitrogens with zero attached hydrogens (tertiary/aromatic N) is 3. The molecule has 7 heteroatoms. The number of nitrogens with one attached hydrogen (secondary N) is 1. The molecule has 0 unspecified atom stereocenters. The van der Waals surface area contributed by atoms with Gasteiger partial charge in [0.15, 0.2) is 0 Å². The number of ether oxygens (including phenoxy) is 2. The third-order valence-corrected chi connectivity index (χ3v) is 6.42. The van der Waals surface area contributed by atoms with E-state index >= 15 is 0 Å². The Morgan fingerprint density at radius 2 is 2.03 bits per heavy atom. The van der Waals surface area contributed by atoms with E-state index in [1.165, 1.54) is 12.1 Å². The molecule has 1 aromatic heterocycles. The monoisotopic (exact) mass is 434 g/mol. The molecule has 1 saturated heterocycles. The Morgan fingerprint density at radius 3 is 2.65 bits per heavy atom. The molecular formula is C24H42N4O3. The zero-order valence-corrected chi connectivity index (χ0v) is 20.4. The Bertz CT molecular complexity index is 729. The van der Waals surface area contributed by atoms with Crippen molar-refractivity contribution in [2.75, 3.05) is 33.3 Å². The molecule has 0 atom stereocenters. The Morgan fingerprint density at radius 1 is 1.32 bits per heavy atom. The fourth-order valence-electron chi connectivity index (χ4n) is 4.90. The zero-order valence-electron chi connectivity index (χ0n) is 20.4. The second kappa shape index (κ2) is 9.49. The van der Waals surface area contributed by atoms with Crippen LogP contribution in [0, 0.1) is 5.41 Å². The van der Waals surface area contributed by atoms with Crippen molar-refractivity contribution in [2.24, 2.45) is 5.41 Å².